The van der Waals surface area contributed by atoms with Crippen molar-refractivity contribution in [1.29, 1.82) is 0 Å². The maximum absolute atomic E-state index is 11.0. The quantitative estimate of drug-likeness (QED) is 0.938. The van der Waals surface area contributed by atoms with Gasteiger partial charge in [0.1, 0.15) is 5.82 Å². The molecular weight excluding hydrogens is 280 g/mol. The maximum atomic E-state index is 11.0. The van der Waals surface area contributed by atoms with E-state index in [-0.39, 0.29) is 5.69 Å². The second-order valence-electron chi connectivity index (χ2n) is 5.58. The third kappa shape index (κ3) is 2.95. The van der Waals surface area contributed by atoms with Crippen LogP contribution in [0.25, 0.3) is 0 Å². The van der Waals surface area contributed by atoms with Crippen molar-refractivity contribution in [2.24, 2.45) is 0 Å². The van der Waals surface area contributed by atoms with Crippen LogP contribution in [0.3, 0.4) is 0 Å². The SMILES string of the molecule is CCn1cc(C2CCN(c3cccc(C(=O)O)n3)CC2)cn1. The molecule has 0 amide bonds. The fourth-order valence-electron chi connectivity index (χ4n) is 2.92. The molecule has 0 spiro atoms. The fraction of sp³-hybridized carbons (Fsp3) is 0.438. The summed E-state index contributed by atoms with van der Waals surface area (Å²) in [4.78, 5) is 17.4. The van der Waals surface area contributed by atoms with E-state index < -0.39 is 5.97 Å². The summed E-state index contributed by atoms with van der Waals surface area (Å²) in [6.07, 6.45) is 6.17. The Morgan fingerprint density at radius 2 is 2.14 bits per heavy atom. The molecule has 3 rings (SSSR count). The summed E-state index contributed by atoms with van der Waals surface area (Å²) in [7, 11) is 0. The third-order valence-electron chi connectivity index (χ3n) is 4.22. The average molecular weight is 300 g/mol. The van der Waals surface area contributed by atoms with E-state index in [9.17, 15) is 4.79 Å². The number of aryl methyl sites for hydroxylation is 1. The van der Waals surface area contributed by atoms with Gasteiger partial charge in [-0.05, 0) is 43.4 Å². The van der Waals surface area contributed by atoms with Crippen LogP contribution in [0.1, 0.15) is 41.7 Å². The number of carbonyl (C=O) groups is 1. The molecule has 0 atom stereocenters. The predicted octanol–water partition coefficient (Wildman–Crippen LogP) is 2.38. The van der Waals surface area contributed by atoms with E-state index >= 15 is 0 Å². The second-order valence-corrected chi connectivity index (χ2v) is 5.58. The van der Waals surface area contributed by atoms with Gasteiger partial charge in [0.05, 0.1) is 6.20 Å². The van der Waals surface area contributed by atoms with Crippen molar-refractivity contribution >= 4 is 11.8 Å². The number of hydrogen-bond donors (Lipinski definition) is 1. The van der Waals surface area contributed by atoms with E-state index in [1.807, 2.05) is 16.9 Å². The summed E-state index contributed by atoms with van der Waals surface area (Å²) in [5.74, 6) is 0.297. The third-order valence-corrected chi connectivity index (χ3v) is 4.22. The average Bonchev–Trinajstić information content (AvgIpc) is 3.04. The standard InChI is InChI=1S/C16H20N4O2/c1-2-20-11-13(10-17-20)12-6-8-19(9-7-12)15-5-3-4-14(18-15)16(21)22/h3-5,10-12H,2,6-9H2,1H3,(H,21,22). The summed E-state index contributed by atoms with van der Waals surface area (Å²) in [6, 6.07) is 5.16. The lowest BCUT2D eigenvalue weighted by Gasteiger charge is -2.32. The van der Waals surface area contributed by atoms with Crippen LogP contribution in [-0.2, 0) is 6.54 Å². The number of rotatable bonds is 4. The summed E-state index contributed by atoms with van der Waals surface area (Å²) in [5, 5.41) is 13.4. The van der Waals surface area contributed by atoms with Crippen LogP contribution < -0.4 is 4.90 Å². The Morgan fingerprint density at radius 1 is 1.36 bits per heavy atom. The van der Waals surface area contributed by atoms with Crippen LogP contribution in [0.5, 0.6) is 0 Å². The highest BCUT2D eigenvalue weighted by molar-refractivity contribution is 5.85. The number of aromatic carboxylic acids is 1. The monoisotopic (exact) mass is 300 g/mol. The highest BCUT2D eigenvalue weighted by Crippen LogP contribution is 2.29. The molecule has 0 aromatic carbocycles. The predicted molar refractivity (Wildman–Crippen MR) is 83.3 cm³/mol. The molecule has 22 heavy (non-hydrogen) atoms. The molecule has 6 heteroatoms. The van der Waals surface area contributed by atoms with Gasteiger partial charge in [0.15, 0.2) is 5.69 Å². The van der Waals surface area contributed by atoms with Gasteiger partial charge in [0.25, 0.3) is 0 Å². The Balaban J connectivity index is 1.66. The van der Waals surface area contributed by atoms with Gasteiger partial charge in [-0.25, -0.2) is 9.78 Å². The van der Waals surface area contributed by atoms with Gasteiger partial charge in [-0.1, -0.05) is 6.07 Å². The molecule has 0 aliphatic carbocycles. The number of carboxylic acid groups (broad SMARTS) is 1. The van der Waals surface area contributed by atoms with Crippen molar-refractivity contribution in [3.05, 3.63) is 41.9 Å². The molecule has 6 nitrogen and oxygen atoms in total. The van der Waals surface area contributed by atoms with Crippen molar-refractivity contribution in [2.75, 3.05) is 18.0 Å². The van der Waals surface area contributed by atoms with Crippen molar-refractivity contribution in [2.45, 2.75) is 32.2 Å². The van der Waals surface area contributed by atoms with Crippen LogP contribution >= 0.6 is 0 Å². The molecule has 1 N–H and O–H groups in total. The molecular formula is C16H20N4O2. The van der Waals surface area contributed by atoms with Gasteiger partial charge in [-0.3, -0.25) is 4.68 Å². The number of hydrogen-bond acceptors (Lipinski definition) is 4. The van der Waals surface area contributed by atoms with E-state index in [1.54, 1.807) is 6.07 Å². The summed E-state index contributed by atoms with van der Waals surface area (Å²) in [5.41, 5.74) is 1.40. The Morgan fingerprint density at radius 3 is 2.77 bits per heavy atom. The lowest BCUT2D eigenvalue weighted by atomic mass is 9.91. The molecule has 0 unspecified atom stereocenters. The largest absolute Gasteiger partial charge is 0.477 e. The molecule has 0 radical (unpaired) electrons. The minimum absolute atomic E-state index is 0.101. The smallest absolute Gasteiger partial charge is 0.354 e. The molecule has 116 valence electrons. The van der Waals surface area contributed by atoms with Crippen LogP contribution in [-0.4, -0.2) is 38.9 Å². The molecule has 1 aliphatic heterocycles. The lowest BCUT2D eigenvalue weighted by Crippen LogP contribution is -2.33. The molecule has 1 saturated heterocycles. The van der Waals surface area contributed by atoms with E-state index in [1.165, 1.54) is 11.6 Å². The lowest BCUT2D eigenvalue weighted by molar-refractivity contribution is 0.0690. The van der Waals surface area contributed by atoms with Crippen molar-refractivity contribution in [3.63, 3.8) is 0 Å². The second kappa shape index (κ2) is 6.17. The van der Waals surface area contributed by atoms with Crippen molar-refractivity contribution in [3.8, 4) is 0 Å². The van der Waals surface area contributed by atoms with Gasteiger partial charge in [-0.2, -0.15) is 5.10 Å². The van der Waals surface area contributed by atoms with Gasteiger partial charge < -0.3 is 10.0 Å². The molecule has 3 heterocycles. The number of aromatic nitrogens is 3. The van der Waals surface area contributed by atoms with Gasteiger partial charge >= 0.3 is 5.97 Å². The highest BCUT2D eigenvalue weighted by Gasteiger charge is 2.23. The number of pyridine rings is 1. The minimum Gasteiger partial charge on any atom is -0.477 e. The van der Waals surface area contributed by atoms with E-state index in [0.29, 0.717) is 5.92 Å². The Hall–Kier alpha value is -2.37. The number of piperidine rings is 1. The Bertz CT molecular complexity index is 660. The molecule has 2 aromatic rings. The van der Waals surface area contributed by atoms with Crippen LogP contribution in [0.4, 0.5) is 5.82 Å². The summed E-state index contributed by atoms with van der Waals surface area (Å²) >= 11 is 0. The van der Waals surface area contributed by atoms with Crippen molar-refractivity contribution < 1.29 is 9.90 Å². The fourth-order valence-corrected chi connectivity index (χ4v) is 2.92. The number of carboxylic acids is 1. The first-order valence-corrected chi connectivity index (χ1v) is 7.65. The maximum Gasteiger partial charge on any atom is 0.354 e. The molecule has 0 bridgehead atoms. The summed E-state index contributed by atoms with van der Waals surface area (Å²) in [6.45, 7) is 4.75. The summed E-state index contributed by atoms with van der Waals surface area (Å²) < 4.78 is 1.96. The zero-order chi connectivity index (χ0) is 15.5. The van der Waals surface area contributed by atoms with E-state index in [0.717, 1.165) is 38.3 Å². The Labute approximate surface area is 129 Å². The zero-order valence-electron chi connectivity index (χ0n) is 12.6. The molecule has 1 fully saturated rings. The Kier molecular flexibility index (Phi) is 4.09. The molecule has 2 aromatic heterocycles. The van der Waals surface area contributed by atoms with Gasteiger partial charge in [0, 0.05) is 25.8 Å². The first kappa shape index (κ1) is 14.6. The first-order chi connectivity index (χ1) is 10.7. The first-order valence-electron chi connectivity index (χ1n) is 7.65. The van der Waals surface area contributed by atoms with Crippen LogP contribution in [0.2, 0.25) is 0 Å². The highest BCUT2D eigenvalue weighted by atomic mass is 16.4. The van der Waals surface area contributed by atoms with E-state index in [2.05, 4.69) is 28.1 Å². The van der Waals surface area contributed by atoms with Crippen LogP contribution in [0.15, 0.2) is 30.6 Å². The number of anilines is 1. The molecule has 1 aliphatic rings. The molecule has 0 saturated carbocycles. The number of nitrogens with zero attached hydrogens (tertiary/aromatic N) is 4. The normalized spacial score (nSPS) is 16.0. The van der Waals surface area contributed by atoms with Gasteiger partial charge in [0.2, 0.25) is 0 Å². The minimum atomic E-state index is -0.983. The van der Waals surface area contributed by atoms with Crippen molar-refractivity contribution in [1.82, 2.24) is 14.8 Å². The van der Waals surface area contributed by atoms with Crippen LogP contribution in [0, 0.1) is 0 Å². The van der Waals surface area contributed by atoms with Gasteiger partial charge in [-0.15, -0.1) is 0 Å². The van der Waals surface area contributed by atoms with E-state index in [4.69, 9.17) is 5.11 Å². The zero-order valence-corrected chi connectivity index (χ0v) is 12.6. The topological polar surface area (TPSA) is 71.2 Å².